The van der Waals surface area contributed by atoms with E-state index in [2.05, 4.69) is 10.1 Å². The molecule has 0 aliphatic heterocycles. The predicted octanol–water partition coefficient (Wildman–Crippen LogP) is 2.17. The first-order valence-corrected chi connectivity index (χ1v) is 5.40. The number of aryl methyl sites for hydroxylation is 1. The van der Waals surface area contributed by atoms with Crippen LogP contribution in [0.3, 0.4) is 0 Å². The number of halogens is 1. The molecule has 0 atom stereocenters. The van der Waals surface area contributed by atoms with Crippen LogP contribution in [-0.2, 0) is 6.54 Å². The van der Waals surface area contributed by atoms with Gasteiger partial charge in [-0.05, 0) is 24.6 Å². The van der Waals surface area contributed by atoms with Gasteiger partial charge < -0.3 is 15.0 Å². The number of nitrogens with zero attached hydrogens (tertiary/aromatic N) is 2. The molecular formula is C11H12ClN3O2. The maximum absolute atomic E-state index is 6.20. The topological polar surface area (TPSA) is 74.2 Å². The van der Waals surface area contributed by atoms with Crippen molar-refractivity contribution in [3.63, 3.8) is 0 Å². The largest absolute Gasteiger partial charge is 0.497 e. The summed E-state index contributed by atoms with van der Waals surface area (Å²) in [6.45, 7) is 2.09. The van der Waals surface area contributed by atoms with E-state index in [0.29, 0.717) is 28.1 Å². The number of hydrogen-bond acceptors (Lipinski definition) is 5. The molecule has 1 aromatic heterocycles. The Balaban J connectivity index is 2.53. The summed E-state index contributed by atoms with van der Waals surface area (Å²) in [6, 6.07) is 3.61. The molecule has 1 aromatic carbocycles. The Hall–Kier alpha value is -1.59. The summed E-state index contributed by atoms with van der Waals surface area (Å²) in [4.78, 5) is 4.13. The van der Waals surface area contributed by atoms with Crippen molar-refractivity contribution < 1.29 is 9.26 Å². The highest BCUT2D eigenvalue weighted by atomic mass is 35.5. The zero-order chi connectivity index (χ0) is 12.4. The van der Waals surface area contributed by atoms with Crippen molar-refractivity contribution >= 4 is 11.6 Å². The van der Waals surface area contributed by atoms with Gasteiger partial charge in [0.25, 0.3) is 0 Å². The summed E-state index contributed by atoms with van der Waals surface area (Å²) in [5.74, 6) is 1.48. The lowest BCUT2D eigenvalue weighted by Crippen LogP contribution is -1.96. The quantitative estimate of drug-likeness (QED) is 0.907. The fourth-order valence-corrected chi connectivity index (χ4v) is 1.66. The molecular weight excluding hydrogens is 242 g/mol. The van der Waals surface area contributed by atoms with E-state index in [0.717, 1.165) is 5.56 Å². The smallest absolute Gasteiger partial charge is 0.240 e. The molecule has 0 bridgehead atoms. The Kier molecular flexibility index (Phi) is 3.31. The van der Waals surface area contributed by atoms with E-state index in [-0.39, 0.29) is 6.54 Å². The van der Waals surface area contributed by atoms with Crippen molar-refractivity contribution in [3.8, 4) is 17.1 Å². The zero-order valence-electron chi connectivity index (χ0n) is 9.53. The van der Waals surface area contributed by atoms with Gasteiger partial charge in [0, 0.05) is 5.56 Å². The number of ether oxygens (including phenoxy) is 1. The van der Waals surface area contributed by atoms with E-state index in [1.54, 1.807) is 13.2 Å². The van der Waals surface area contributed by atoms with Crippen molar-refractivity contribution in [1.29, 1.82) is 0 Å². The molecule has 0 aliphatic rings. The van der Waals surface area contributed by atoms with Gasteiger partial charge in [0.05, 0.1) is 18.7 Å². The molecule has 0 spiro atoms. The molecule has 0 radical (unpaired) electrons. The highest BCUT2D eigenvalue weighted by molar-refractivity contribution is 6.34. The van der Waals surface area contributed by atoms with Gasteiger partial charge in [0.1, 0.15) is 5.75 Å². The number of rotatable bonds is 3. The van der Waals surface area contributed by atoms with E-state index in [9.17, 15) is 0 Å². The summed E-state index contributed by atoms with van der Waals surface area (Å²) < 4.78 is 10.1. The summed E-state index contributed by atoms with van der Waals surface area (Å²) in [5.41, 5.74) is 6.97. The first-order valence-electron chi connectivity index (χ1n) is 5.03. The van der Waals surface area contributed by atoms with Crippen molar-refractivity contribution in [1.82, 2.24) is 10.1 Å². The minimum Gasteiger partial charge on any atom is -0.497 e. The maximum atomic E-state index is 6.20. The summed E-state index contributed by atoms with van der Waals surface area (Å²) in [7, 11) is 1.59. The monoisotopic (exact) mass is 253 g/mol. The van der Waals surface area contributed by atoms with Gasteiger partial charge >= 0.3 is 0 Å². The molecule has 0 saturated carbocycles. The Labute approximate surface area is 104 Å². The summed E-state index contributed by atoms with van der Waals surface area (Å²) in [5, 5.41) is 4.41. The van der Waals surface area contributed by atoms with Gasteiger partial charge in [-0.3, -0.25) is 0 Å². The molecule has 2 aromatic rings. The first kappa shape index (κ1) is 11.9. The van der Waals surface area contributed by atoms with Crippen molar-refractivity contribution in [2.75, 3.05) is 7.11 Å². The van der Waals surface area contributed by atoms with E-state index in [1.165, 1.54) is 0 Å². The van der Waals surface area contributed by atoms with Gasteiger partial charge in [-0.25, -0.2) is 0 Å². The van der Waals surface area contributed by atoms with Crippen LogP contribution in [0.15, 0.2) is 16.7 Å². The van der Waals surface area contributed by atoms with Gasteiger partial charge in [0.2, 0.25) is 11.7 Å². The fraction of sp³-hybridized carbons (Fsp3) is 0.273. The van der Waals surface area contributed by atoms with Crippen LogP contribution in [0, 0.1) is 6.92 Å². The molecule has 0 amide bonds. The molecule has 1 heterocycles. The molecule has 0 fully saturated rings. The second kappa shape index (κ2) is 4.73. The van der Waals surface area contributed by atoms with Crippen LogP contribution in [0.25, 0.3) is 11.4 Å². The molecule has 90 valence electrons. The van der Waals surface area contributed by atoms with Gasteiger partial charge in [-0.1, -0.05) is 16.8 Å². The molecule has 6 heteroatoms. The SMILES string of the molecule is COc1cc(C)c(Cl)c(-c2noc(CN)n2)c1. The molecule has 2 rings (SSSR count). The Morgan fingerprint density at radius 1 is 1.47 bits per heavy atom. The van der Waals surface area contributed by atoms with Gasteiger partial charge in [-0.15, -0.1) is 0 Å². The fourth-order valence-electron chi connectivity index (χ4n) is 1.46. The second-order valence-electron chi connectivity index (χ2n) is 3.52. The third-order valence-corrected chi connectivity index (χ3v) is 2.85. The number of nitrogens with two attached hydrogens (primary N) is 1. The average Bonchev–Trinajstić information content (AvgIpc) is 2.81. The molecule has 17 heavy (non-hydrogen) atoms. The van der Waals surface area contributed by atoms with E-state index in [4.69, 9.17) is 26.6 Å². The highest BCUT2D eigenvalue weighted by Crippen LogP contribution is 2.32. The van der Waals surface area contributed by atoms with Crippen LogP contribution < -0.4 is 10.5 Å². The predicted molar refractivity (Wildman–Crippen MR) is 63.9 cm³/mol. The first-order chi connectivity index (χ1) is 8.15. The Morgan fingerprint density at radius 3 is 2.82 bits per heavy atom. The lowest BCUT2D eigenvalue weighted by molar-refractivity contribution is 0.380. The second-order valence-corrected chi connectivity index (χ2v) is 3.90. The van der Waals surface area contributed by atoms with E-state index < -0.39 is 0 Å². The van der Waals surface area contributed by atoms with Gasteiger partial charge in [0.15, 0.2) is 0 Å². The Bertz CT molecular complexity index is 540. The van der Waals surface area contributed by atoms with Crippen LogP contribution in [0.4, 0.5) is 0 Å². The van der Waals surface area contributed by atoms with Crippen LogP contribution in [0.5, 0.6) is 5.75 Å². The normalized spacial score (nSPS) is 10.6. The average molecular weight is 254 g/mol. The van der Waals surface area contributed by atoms with E-state index >= 15 is 0 Å². The zero-order valence-corrected chi connectivity index (χ0v) is 10.3. The highest BCUT2D eigenvalue weighted by Gasteiger charge is 2.14. The number of aromatic nitrogens is 2. The third-order valence-electron chi connectivity index (χ3n) is 2.35. The van der Waals surface area contributed by atoms with Crippen molar-refractivity contribution in [3.05, 3.63) is 28.6 Å². The standard InChI is InChI=1S/C11H12ClN3O2/c1-6-3-7(16-2)4-8(10(6)12)11-14-9(5-13)17-15-11/h3-4H,5,13H2,1-2H3. The lowest BCUT2D eigenvalue weighted by Gasteiger charge is -2.06. The molecule has 5 nitrogen and oxygen atoms in total. The third kappa shape index (κ3) is 2.25. The number of methoxy groups -OCH3 is 1. The van der Waals surface area contributed by atoms with Crippen LogP contribution in [-0.4, -0.2) is 17.3 Å². The van der Waals surface area contributed by atoms with Crippen molar-refractivity contribution in [2.45, 2.75) is 13.5 Å². The van der Waals surface area contributed by atoms with Crippen LogP contribution >= 0.6 is 11.6 Å². The van der Waals surface area contributed by atoms with Crippen molar-refractivity contribution in [2.24, 2.45) is 5.73 Å². The maximum Gasteiger partial charge on any atom is 0.240 e. The van der Waals surface area contributed by atoms with Gasteiger partial charge in [-0.2, -0.15) is 4.98 Å². The van der Waals surface area contributed by atoms with Crippen LogP contribution in [0.1, 0.15) is 11.5 Å². The summed E-state index contributed by atoms with van der Waals surface area (Å²) in [6.07, 6.45) is 0. The Morgan fingerprint density at radius 2 is 2.24 bits per heavy atom. The van der Waals surface area contributed by atoms with E-state index in [1.807, 2.05) is 13.0 Å². The van der Waals surface area contributed by atoms with Crippen LogP contribution in [0.2, 0.25) is 5.02 Å². The molecule has 0 unspecified atom stereocenters. The summed E-state index contributed by atoms with van der Waals surface area (Å²) >= 11 is 6.20. The number of hydrogen-bond donors (Lipinski definition) is 1. The molecule has 2 N–H and O–H groups in total. The minimum atomic E-state index is 0.202. The molecule has 0 saturated heterocycles. The lowest BCUT2D eigenvalue weighted by atomic mass is 10.1. The number of benzene rings is 1. The molecule has 0 aliphatic carbocycles. The minimum absolute atomic E-state index is 0.202.